The van der Waals surface area contributed by atoms with Gasteiger partial charge in [0.05, 0.1) is 31.9 Å². The number of carbonyl (C=O) groups is 1. The monoisotopic (exact) mass is 433 g/mol. The lowest BCUT2D eigenvalue weighted by atomic mass is 10.0. The number of nitrogens with zero attached hydrogens (tertiary/aromatic N) is 2. The van der Waals surface area contributed by atoms with E-state index >= 15 is 0 Å². The van der Waals surface area contributed by atoms with Crippen molar-refractivity contribution < 1.29 is 22.7 Å². The SMILES string of the molecule is COc1ccc(S(=O)(=O)N(C)CC(=O)N/N=C\c2ccc(C(C)C)cc2)cc1OC. The van der Waals surface area contributed by atoms with E-state index < -0.39 is 15.9 Å². The highest BCUT2D eigenvalue weighted by molar-refractivity contribution is 7.89. The molecule has 2 rings (SSSR count). The zero-order valence-corrected chi connectivity index (χ0v) is 18.6. The van der Waals surface area contributed by atoms with Crippen LogP contribution in [0.3, 0.4) is 0 Å². The van der Waals surface area contributed by atoms with Gasteiger partial charge in [-0.15, -0.1) is 0 Å². The Morgan fingerprint density at radius 3 is 2.30 bits per heavy atom. The molecule has 0 atom stereocenters. The van der Waals surface area contributed by atoms with Crippen LogP contribution < -0.4 is 14.9 Å². The summed E-state index contributed by atoms with van der Waals surface area (Å²) in [7, 11) is 0.299. The molecule has 1 amide bonds. The standard InChI is InChI=1S/C21H27N3O5S/c1-15(2)17-8-6-16(7-9-17)13-22-23-21(25)14-24(3)30(26,27)18-10-11-19(28-4)20(12-18)29-5/h6-13,15H,14H2,1-5H3,(H,23,25)/b22-13-. The van der Waals surface area contributed by atoms with Crippen LogP contribution in [0, 0.1) is 0 Å². The number of nitrogens with one attached hydrogen (secondary N) is 1. The number of benzene rings is 2. The number of rotatable bonds is 9. The minimum Gasteiger partial charge on any atom is -0.493 e. The van der Waals surface area contributed by atoms with Crippen molar-refractivity contribution in [2.45, 2.75) is 24.7 Å². The third-order valence-electron chi connectivity index (χ3n) is 4.44. The molecule has 8 nitrogen and oxygen atoms in total. The number of hydrogen-bond acceptors (Lipinski definition) is 6. The first-order valence-electron chi connectivity index (χ1n) is 9.29. The molecule has 0 aliphatic carbocycles. The maximum absolute atomic E-state index is 12.7. The van der Waals surface area contributed by atoms with Gasteiger partial charge in [-0.25, -0.2) is 13.8 Å². The van der Waals surface area contributed by atoms with E-state index in [1.165, 1.54) is 51.2 Å². The van der Waals surface area contributed by atoms with Crippen LogP contribution in [-0.2, 0) is 14.8 Å². The van der Waals surface area contributed by atoms with Crippen LogP contribution >= 0.6 is 0 Å². The molecule has 0 saturated carbocycles. The van der Waals surface area contributed by atoms with Gasteiger partial charge in [0.1, 0.15) is 0 Å². The Morgan fingerprint density at radius 2 is 1.73 bits per heavy atom. The van der Waals surface area contributed by atoms with Gasteiger partial charge in [0.25, 0.3) is 5.91 Å². The van der Waals surface area contributed by atoms with Crippen LogP contribution in [0.4, 0.5) is 0 Å². The largest absolute Gasteiger partial charge is 0.493 e. The zero-order valence-electron chi connectivity index (χ0n) is 17.7. The zero-order chi connectivity index (χ0) is 22.3. The number of methoxy groups -OCH3 is 2. The summed E-state index contributed by atoms with van der Waals surface area (Å²) in [5.41, 5.74) is 4.38. The van der Waals surface area contributed by atoms with E-state index in [-0.39, 0.29) is 17.2 Å². The highest BCUT2D eigenvalue weighted by atomic mass is 32.2. The van der Waals surface area contributed by atoms with Crippen molar-refractivity contribution in [3.8, 4) is 11.5 Å². The van der Waals surface area contributed by atoms with E-state index in [9.17, 15) is 13.2 Å². The minimum absolute atomic E-state index is 0.0100. The smallest absolute Gasteiger partial charge is 0.255 e. The summed E-state index contributed by atoms with van der Waals surface area (Å²) < 4.78 is 36.7. The first-order valence-corrected chi connectivity index (χ1v) is 10.7. The van der Waals surface area contributed by atoms with Crippen LogP contribution in [0.1, 0.15) is 30.9 Å². The van der Waals surface area contributed by atoms with Gasteiger partial charge in [-0.1, -0.05) is 38.1 Å². The van der Waals surface area contributed by atoms with E-state index in [0.29, 0.717) is 11.7 Å². The summed E-state index contributed by atoms with van der Waals surface area (Å²) in [6, 6.07) is 12.0. The Bertz CT molecular complexity index is 1000. The molecule has 1 N–H and O–H groups in total. The van der Waals surface area contributed by atoms with Crippen molar-refractivity contribution in [1.82, 2.24) is 9.73 Å². The summed E-state index contributed by atoms with van der Waals surface area (Å²) in [6.45, 7) is 3.83. The van der Waals surface area contributed by atoms with Gasteiger partial charge in [0.2, 0.25) is 10.0 Å². The molecule has 9 heteroatoms. The van der Waals surface area contributed by atoms with Gasteiger partial charge in [0, 0.05) is 13.1 Å². The molecule has 0 fully saturated rings. The predicted octanol–water partition coefficient (Wildman–Crippen LogP) is 2.60. The molecule has 0 radical (unpaired) electrons. The minimum atomic E-state index is -3.90. The van der Waals surface area contributed by atoms with Crippen LogP contribution in [0.25, 0.3) is 0 Å². The molecule has 0 unspecified atom stereocenters. The molecule has 0 spiro atoms. The summed E-state index contributed by atoms with van der Waals surface area (Å²) in [6.07, 6.45) is 1.50. The van der Waals surface area contributed by atoms with E-state index in [4.69, 9.17) is 9.47 Å². The van der Waals surface area contributed by atoms with Gasteiger partial charge in [0.15, 0.2) is 11.5 Å². The van der Waals surface area contributed by atoms with Crippen molar-refractivity contribution in [2.24, 2.45) is 5.10 Å². The number of hydrazone groups is 1. The molecule has 162 valence electrons. The molecule has 2 aromatic rings. The Balaban J connectivity index is 2.00. The lowest BCUT2D eigenvalue weighted by Crippen LogP contribution is -2.36. The van der Waals surface area contributed by atoms with Crippen molar-refractivity contribution in [1.29, 1.82) is 0 Å². The predicted molar refractivity (Wildman–Crippen MR) is 116 cm³/mol. The number of hydrogen-bond donors (Lipinski definition) is 1. The normalized spacial score (nSPS) is 11.8. The first kappa shape index (κ1) is 23.4. The van der Waals surface area contributed by atoms with Crippen molar-refractivity contribution in [2.75, 3.05) is 27.8 Å². The molecule has 30 heavy (non-hydrogen) atoms. The van der Waals surface area contributed by atoms with Crippen LogP contribution in [0.5, 0.6) is 11.5 Å². The quantitative estimate of drug-likeness (QED) is 0.484. The van der Waals surface area contributed by atoms with E-state index in [1.807, 2.05) is 24.3 Å². The van der Waals surface area contributed by atoms with E-state index in [2.05, 4.69) is 24.4 Å². The number of sulfonamides is 1. The Hall–Kier alpha value is -2.91. The molecule has 2 aromatic carbocycles. The highest BCUT2D eigenvalue weighted by Gasteiger charge is 2.24. The topological polar surface area (TPSA) is 97.3 Å². The Kier molecular flexibility index (Phi) is 7.96. The second-order valence-corrected chi connectivity index (χ2v) is 8.94. The van der Waals surface area contributed by atoms with E-state index in [1.54, 1.807) is 0 Å². The summed E-state index contributed by atoms with van der Waals surface area (Å²) in [4.78, 5) is 12.1. The van der Waals surface area contributed by atoms with Gasteiger partial charge in [-0.2, -0.15) is 9.41 Å². The molecule has 0 saturated heterocycles. The second-order valence-electron chi connectivity index (χ2n) is 6.89. The highest BCUT2D eigenvalue weighted by Crippen LogP contribution is 2.30. The molecular weight excluding hydrogens is 406 g/mol. The number of ether oxygens (including phenoxy) is 2. The fourth-order valence-electron chi connectivity index (χ4n) is 2.63. The second kappa shape index (κ2) is 10.2. The van der Waals surface area contributed by atoms with Crippen molar-refractivity contribution in [3.63, 3.8) is 0 Å². The summed E-state index contributed by atoms with van der Waals surface area (Å²) >= 11 is 0. The molecule has 0 aliphatic rings. The number of carbonyl (C=O) groups excluding carboxylic acids is 1. The third kappa shape index (κ3) is 5.80. The Labute approximate surface area is 177 Å². The molecular formula is C21H27N3O5S. The van der Waals surface area contributed by atoms with Gasteiger partial charge in [-0.3, -0.25) is 4.79 Å². The fraction of sp³-hybridized carbons (Fsp3) is 0.333. The number of amides is 1. The molecule has 0 aromatic heterocycles. The lowest BCUT2D eigenvalue weighted by Gasteiger charge is -2.17. The lowest BCUT2D eigenvalue weighted by molar-refractivity contribution is -0.121. The Morgan fingerprint density at radius 1 is 1.10 bits per heavy atom. The van der Waals surface area contributed by atoms with Crippen molar-refractivity contribution >= 4 is 22.1 Å². The average Bonchev–Trinajstić information content (AvgIpc) is 2.73. The first-order chi connectivity index (χ1) is 14.2. The maximum Gasteiger partial charge on any atom is 0.255 e. The fourth-order valence-corrected chi connectivity index (χ4v) is 3.77. The molecule has 0 heterocycles. The van der Waals surface area contributed by atoms with Crippen LogP contribution in [0.15, 0.2) is 52.5 Å². The van der Waals surface area contributed by atoms with Crippen LogP contribution in [0.2, 0.25) is 0 Å². The summed E-state index contributed by atoms with van der Waals surface area (Å²) in [5, 5.41) is 3.89. The number of likely N-dealkylation sites (N-methyl/N-ethyl adjacent to an activating group) is 1. The van der Waals surface area contributed by atoms with Gasteiger partial charge < -0.3 is 9.47 Å². The van der Waals surface area contributed by atoms with Crippen LogP contribution in [-0.4, -0.2) is 52.7 Å². The third-order valence-corrected chi connectivity index (χ3v) is 6.23. The van der Waals surface area contributed by atoms with Crippen molar-refractivity contribution in [3.05, 3.63) is 53.6 Å². The summed E-state index contributed by atoms with van der Waals surface area (Å²) in [5.74, 6) is 0.563. The molecule has 0 bridgehead atoms. The van der Waals surface area contributed by atoms with Gasteiger partial charge >= 0.3 is 0 Å². The van der Waals surface area contributed by atoms with Gasteiger partial charge in [-0.05, 0) is 29.2 Å². The van der Waals surface area contributed by atoms with E-state index in [0.717, 1.165) is 9.87 Å². The molecule has 0 aliphatic heterocycles. The average molecular weight is 434 g/mol. The maximum atomic E-state index is 12.7.